The summed E-state index contributed by atoms with van der Waals surface area (Å²) < 4.78 is 5.21. The van der Waals surface area contributed by atoms with E-state index in [0.717, 1.165) is 40.5 Å². The minimum absolute atomic E-state index is 0.583. The lowest BCUT2D eigenvalue weighted by Crippen LogP contribution is -2.04. The van der Waals surface area contributed by atoms with Crippen LogP contribution in [0.1, 0.15) is 5.69 Å². The van der Waals surface area contributed by atoms with Gasteiger partial charge in [0.15, 0.2) is 0 Å². The van der Waals surface area contributed by atoms with Crippen LogP contribution < -0.4 is 10.5 Å². The zero-order valence-electron chi connectivity index (χ0n) is 12.5. The second kappa shape index (κ2) is 6.45. The number of benzene rings is 2. The van der Waals surface area contributed by atoms with Gasteiger partial charge in [-0.2, -0.15) is 0 Å². The smallest absolute Gasteiger partial charge is 0.138 e. The molecule has 0 aliphatic rings. The van der Waals surface area contributed by atoms with Crippen molar-refractivity contribution >= 4 is 0 Å². The third-order valence-corrected chi connectivity index (χ3v) is 3.58. The van der Waals surface area contributed by atoms with Gasteiger partial charge >= 0.3 is 0 Å². The van der Waals surface area contributed by atoms with E-state index in [-0.39, 0.29) is 0 Å². The van der Waals surface area contributed by atoms with Crippen LogP contribution in [0.15, 0.2) is 54.6 Å². The highest BCUT2D eigenvalue weighted by molar-refractivity contribution is 5.68. The minimum atomic E-state index is 0.583. The number of nitrogens with zero attached hydrogens (tertiary/aromatic N) is 1. The second-order valence-electron chi connectivity index (χ2n) is 5.05. The highest BCUT2D eigenvalue weighted by Gasteiger charge is 2.13. The first kappa shape index (κ1) is 14.4. The quantitative estimate of drug-likeness (QED) is 0.759. The Balaban J connectivity index is 2.03. The first-order valence-corrected chi connectivity index (χ1v) is 7.30. The third kappa shape index (κ3) is 2.87. The average molecular weight is 293 g/mol. The molecule has 3 rings (SSSR count). The van der Waals surface area contributed by atoms with E-state index in [1.165, 1.54) is 0 Å². The lowest BCUT2D eigenvalue weighted by molar-refractivity contribution is 0.415. The molecule has 4 heteroatoms. The van der Waals surface area contributed by atoms with E-state index in [1.54, 1.807) is 7.11 Å². The summed E-state index contributed by atoms with van der Waals surface area (Å²) in [6, 6.07) is 18.0. The summed E-state index contributed by atoms with van der Waals surface area (Å²) in [7, 11) is 1.66. The van der Waals surface area contributed by atoms with Crippen LogP contribution in [-0.2, 0) is 6.42 Å². The van der Waals surface area contributed by atoms with Crippen LogP contribution in [0.25, 0.3) is 22.6 Å². The molecule has 0 radical (unpaired) electrons. The summed E-state index contributed by atoms with van der Waals surface area (Å²) in [6.07, 6.45) is 0.765. The number of H-pyrrole nitrogens is 1. The van der Waals surface area contributed by atoms with E-state index in [9.17, 15) is 0 Å². The van der Waals surface area contributed by atoms with Crippen molar-refractivity contribution in [3.05, 3.63) is 60.3 Å². The molecule has 0 saturated heterocycles. The molecular formula is C18H19N3O. The number of hydrogen-bond donors (Lipinski definition) is 2. The molecule has 0 fully saturated rings. The summed E-state index contributed by atoms with van der Waals surface area (Å²) in [5.41, 5.74) is 9.87. The Kier molecular flexibility index (Phi) is 4.21. The fourth-order valence-corrected chi connectivity index (χ4v) is 2.46. The Hall–Kier alpha value is -2.59. The predicted molar refractivity (Wildman–Crippen MR) is 88.8 cm³/mol. The number of aromatic nitrogens is 2. The normalized spacial score (nSPS) is 10.6. The summed E-state index contributed by atoms with van der Waals surface area (Å²) in [6.45, 7) is 0.583. The molecule has 0 spiro atoms. The van der Waals surface area contributed by atoms with Crippen molar-refractivity contribution in [1.82, 2.24) is 9.97 Å². The van der Waals surface area contributed by atoms with Crippen molar-refractivity contribution in [3.63, 3.8) is 0 Å². The molecule has 0 bridgehead atoms. The van der Waals surface area contributed by atoms with Gasteiger partial charge < -0.3 is 15.5 Å². The van der Waals surface area contributed by atoms with Crippen LogP contribution in [-0.4, -0.2) is 23.6 Å². The maximum Gasteiger partial charge on any atom is 0.138 e. The highest BCUT2D eigenvalue weighted by atomic mass is 16.5. The van der Waals surface area contributed by atoms with Crippen molar-refractivity contribution in [2.75, 3.05) is 13.7 Å². The molecule has 2 aromatic carbocycles. The Morgan fingerprint density at radius 1 is 1.00 bits per heavy atom. The number of hydrogen-bond acceptors (Lipinski definition) is 3. The van der Waals surface area contributed by atoms with Crippen LogP contribution in [0.5, 0.6) is 5.75 Å². The molecule has 0 aliphatic carbocycles. The Labute approximate surface area is 130 Å². The van der Waals surface area contributed by atoms with Gasteiger partial charge in [-0.05, 0) is 30.8 Å². The van der Waals surface area contributed by atoms with E-state index in [0.29, 0.717) is 6.54 Å². The average Bonchev–Trinajstić information content (AvgIpc) is 3.00. The minimum Gasteiger partial charge on any atom is -0.497 e. The Morgan fingerprint density at radius 2 is 1.73 bits per heavy atom. The summed E-state index contributed by atoms with van der Waals surface area (Å²) in [5, 5.41) is 0. The first-order valence-electron chi connectivity index (χ1n) is 7.30. The van der Waals surface area contributed by atoms with Gasteiger partial charge in [0, 0.05) is 23.2 Å². The van der Waals surface area contributed by atoms with Crippen LogP contribution in [0, 0.1) is 0 Å². The highest BCUT2D eigenvalue weighted by Crippen LogP contribution is 2.27. The maximum absolute atomic E-state index is 5.73. The Morgan fingerprint density at radius 3 is 2.36 bits per heavy atom. The number of methoxy groups -OCH3 is 1. The molecule has 3 aromatic rings. The zero-order valence-corrected chi connectivity index (χ0v) is 12.5. The van der Waals surface area contributed by atoms with E-state index >= 15 is 0 Å². The largest absolute Gasteiger partial charge is 0.497 e. The van der Waals surface area contributed by atoms with E-state index in [1.807, 2.05) is 54.6 Å². The van der Waals surface area contributed by atoms with E-state index < -0.39 is 0 Å². The molecular weight excluding hydrogens is 274 g/mol. The van der Waals surface area contributed by atoms with Gasteiger partial charge in [0.25, 0.3) is 0 Å². The number of nitrogens with two attached hydrogens (primary N) is 1. The monoisotopic (exact) mass is 293 g/mol. The van der Waals surface area contributed by atoms with Gasteiger partial charge in [0.1, 0.15) is 11.6 Å². The van der Waals surface area contributed by atoms with Gasteiger partial charge in [-0.25, -0.2) is 4.98 Å². The predicted octanol–water partition coefficient (Wildman–Crippen LogP) is 3.25. The SMILES string of the molecule is COc1ccc(-c2nc(-c3ccccc3)[nH]c2CCN)cc1. The summed E-state index contributed by atoms with van der Waals surface area (Å²) in [5.74, 6) is 1.71. The van der Waals surface area contributed by atoms with Gasteiger partial charge in [-0.15, -0.1) is 0 Å². The summed E-state index contributed by atoms with van der Waals surface area (Å²) in [4.78, 5) is 8.18. The van der Waals surface area contributed by atoms with Crippen molar-refractivity contribution in [3.8, 4) is 28.4 Å². The Bertz CT molecular complexity index is 733. The number of ether oxygens (including phenoxy) is 1. The van der Waals surface area contributed by atoms with Crippen LogP contribution >= 0.6 is 0 Å². The number of nitrogens with one attached hydrogen (secondary N) is 1. The van der Waals surface area contributed by atoms with Crippen LogP contribution in [0.2, 0.25) is 0 Å². The lowest BCUT2D eigenvalue weighted by atomic mass is 10.1. The molecule has 22 heavy (non-hydrogen) atoms. The molecule has 0 aliphatic heterocycles. The molecule has 112 valence electrons. The fraction of sp³-hybridized carbons (Fsp3) is 0.167. The van der Waals surface area contributed by atoms with Gasteiger partial charge in [0.05, 0.1) is 12.8 Å². The molecule has 1 aromatic heterocycles. The molecule has 0 amide bonds. The summed E-state index contributed by atoms with van der Waals surface area (Å²) >= 11 is 0. The number of rotatable bonds is 5. The fourth-order valence-electron chi connectivity index (χ4n) is 2.46. The van der Waals surface area contributed by atoms with Gasteiger partial charge in [-0.1, -0.05) is 30.3 Å². The maximum atomic E-state index is 5.73. The van der Waals surface area contributed by atoms with Crippen molar-refractivity contribution in [1.29, 1.82) is 0 Å². The molecule has 0 unspecified atom stereocenters. The number of imidazole rings is 1. The van der Waals surface area contributed by atoms with Crippen molar-refractivity contribution in [2.45, 2.75) is 6.42 Å². The van der Waals surface area contributed by atoms with E-state index in [4.69, 9.17) is 15.5 Å². The topological polar surface area (TPSA) is 63.9 Å². The first-order chi connectivity index (χ1) is 10.8. The standard InChI is InChI=1S/C18H19N3O/c1-22-15-9-7-13(8-10-15)17-16(11-12-19)20-18(21-17)14-5-3-2-4-6-14/h2-10H,11-12,19H2,1H3,(H,20,21). The number of aromatic amines is 1. The van der Waals surface area contributed by atoms with Crippen molar-refractivity contribution < 1.29 is 4.74 Å². The van der Waals surface area contributed by atoms with Crippen molar-refractivity contribution in [2.24, 2.45) is 5.73 Å². The molecule has 0 saturated carbocycles. The van der Waals surface area contributed by atoms with Crippen LogP contribution in [0.3, 0.4) is 0 Å². The van der Waals surface area contributed by atoms with Crippen LogP contribution in [0.4, 0.5) is 0 Å². The van der Waals surface area contributed by atoms with E-state index in [2.05, 4.69) is 4.98 Å². The zero-order chi connectivity index (χ0) is 15.4. The second-order valence-corrected chi connectivity index (χ2v) is 5.05. The lowest BCUT2D eigenvalue weighted by Gasteiger charge is -2.03. The third-order valence-electron chi connectivity index (χ3n) is 3.58. The molecule has 4 nitrogen and oxygen atoms in total. The molecule has 0 atom stereocenters. The van der Waals surface area contributed by atoms with Gasteiger partial charge in [-0.3, -0.25) is 0 Å². The van der Waals surface area contributed by atoms with Gasteiger partial charge in [0.2, 0.25) is 0 Å². The molecule has 1 heterocycles. The molecule has 3 N–H and O–H groups in total.